The zero-order valence-corrected chi connectivity index (χ0v) is 11.0. The summed E-state index contributed by atoms with van der Waals surface area (Å²) in [4.78, 5) is 15.8. The molecule has 1 aliphatic rings. The van der Waals surface area contributed by atoms with Crippen LogP contribution in [0.1, 0.15) is 28.0 Å². The average molecular weight is 265 g/mol. The molecule has 0 fully saturated rings. The second-order valence-electron chi connectivity index (χ2n) is 4.78. The summed E-state index contributed by atoms with van der Waals surface area (Å²) in [6.45, 7) is 0. The van der Waals surface area contributed by atoms with Gasteiger partial charge in [0, 0.05) is 18.3 Å². The summed E-state index contributed by atoms with van der Waals surface area (Å²) in [5.41, 5.74) is 6.65. The highest BCUT2D eigenvalue weighted by Crippen LogP contribution is 2.18. The lowest BCUT2D eigenvalue weighted by Crippen LogP contribution is -2.23. The molecule has 1 amide bonds. The number of aryl methyl sites for hydroxylation is 1. The van der Waals surface area contributed by atoms with Crippen molar-refractivity contribution in [1.29, 1.82) is 0 Å². The number of fused-ring (bicyclic) bond motifs is 1. The highest BCUT2D eigenvalue weighted by molar-refractivity contribution is 5.94. The second-order valence-corrected chi connectivity index (χ2v) is 4.78. The Balaban J connectivity index is 1.68. The van der Waals surface area contributed by atoms with E-state index in [0.29, 0.717) is 5.69 Å². The molecule has 0 radical (unpaired) electrons. The summed E-state index contributed by atoms with van der Waals surface area (Å²) in [7, 11) is 0. The van der Waals surface area contributed by atoms with Crippen LogP contribution < -0.4 is 5.43 Å². The molecule has 4 nitrogen and oxygen atoms in total. The van der Waals surface area contributed by atoms with Gasteiger partial charge in [-0.05, 0) is 36.1 Å². The number of pyridine rings is 1. The fourth-order valence-corrected chi connectivity index (χ4v) is 2.34. The fraction of sp³-hybridized carbons (Fsp3) is 0.188. The van der Waals surface area contributed by atoms with Crippen molar-refractivity contribution in [2.45, 2.75) is 19.3 Å². The van der Waals surface area contributed by atoms with E-state index in [-0.39, 0.29) is 5.91 Å². The number of amides is 1. The molecule has 0 atom stereocenters. The molecule has 0 saturated carbocycles. The molecule has 20 heavy (non-hydrogen) atoms. The molecule has 100 valence electrons. The molecule has 1 N–H and O–H groups in total. The number of hydrogen-bond donors (Lipinski definition) is 1. The van der Waals surface area contributed by atoms with Crippen molar-refractivity contribution in [2.24, 2.45) is 5.10 Å². The van der Waals surface area contributed by atoms with Gasteiger partial charge in [0.25, 0.3) is 5.91 Å². The van der Waals surface area contributed by atoms with Crippen LogP contribution >= 0.6 is 0 Å². The van der Waals surface area contributed by atoms with Gasteiger partial charge in [0.2, 0.25) is 0 Å². The van der Waals surface area contributed by atoms with Crippen LogP contribution in [-0.4, -0.2) is 16.6 Å². The summed E-state index contributed by atoms with van der Waals surface area (Å²) in [6.07, 6.45) is 4.27. The summed E-state index contributed by atoms with van der Waals surface area (Å²) in [5.74, 6) is -0.267. The molecule has 1 heterocycles. The average Bonchev–Trinajstić information content (AvgIpc) is 2.53. The maximum atomic E-state index is 11.9. The van der Waals surface area contributed by atoms with Crippen molar-refractivity contribution >= 4 is 11.6 Å². The Morgan fingerprint density at radius 2 is 1.85 bits per heavy atom. The third kappa shape index (κ3) is 2.74. The standard InChI is InChI=1S/C16H15N3O/c20-16(15-7-3-4-10-17-15)19-18-14-9-8-12-5-1-2-6-13(12)11-14/h1-7,10H,8-9,11H2,(H,19,20)/b18-14-. The van der Waals surface area contributed by atoms with E-state index < -0.39 is 0 Å². The van der Waals surface area contributed by atoms with Crippen molar-refractivity contribution in [3.63, 3.8) is 0 Å². The topological polar surface area (TPSA) is 54.4 Å². The van der Waals surface area contributed by atoms with Gasteiger partial charge in [0.1, 0.15) is 5.69 Å². The zero-order chi connectivity index (χ0) is 13.8. The van der Waals surface area contributed by atoms with Gasteiger partial charge in [0.05, 0.1) is 0 Å². The Labute approximate surface area is 117 Å². The van der Waals surface area contributed by atoms with Gasteiger partial charge in [-0.3, -0.25) is 9.78 Å². The molecule has 0 unspecified atom stereocenters. The van der Waals surface area contributed by atoms with Gasteiger partial charge in [0.15, 0.2) is 0 Å². The van der Waals surface area contributed by atoms with E-state index in [1.165, 1.54) is 11.1 Å². The Kier molecular flexibility index (Phi) is 3.54. The minimum absolute atomic E-state index is 0.267. The molecule has 1 aromatic carbocycles. The minimum Gasteiger partial charge on any atom is -0.266 e. The number of carbonyl (C=O) groups excluding carboxylic acids is 1. The molecule has 4 heteroatoms. The number of hydrazone groups is 1. The largest absolute Gasteiger partial charge is 0.289 e. The normalized spacial score (nSPS) is 15.7. The highest BCUT2D eigenvalue weighted by atomic mass is 16.2. The maximum absolute atomic E-state index is 11.9. The molecule has 0 spiro atoms. The molecule has 2 aromatic rings. The highest BCUT2D eigenvalue weighted by Gasteiger charge is 2.14. The molecular weight excluding hydrogens is 250 g/mol. The summed E-state index contributed by atoms with van der Waals surface area (Å²) < 4.78 is 0. The summed E-state index contributed by atoms with van der Waals surface area (Å²) >= 11 is 0. The van der Waals surface area contributed by atoms with Gasteiger partial charge >= 0.3 is 0 Å². The predicted octanol–water partition coefficient (Wildman–Crippen LogP) is 2.36. The van der Waals surface area contributed by atoms with Gasteiger partial charge in [-0.1, -0.05) is 30.3 Å². The van der Waals surface area contributed by atoms with E-state index in [4.69, 9.17) is 0 Å². The molecule has 1 aromatic heterocycles. The van der Waals surface area contributed by atoms with E-state index in [9.17, 15) is 4.79 Å². The second kappa shape index (κ2) is 5.65. The Hall–Kier alpha value is -2.49. The van der Waals surface area contributed by atoms with Gasteiger partial charge in [-0.15, -0.1) is 0 Å². The minimum atomic E-state index is -0.267. The van der Waals surface area contributed by atoms with Crippen LogP contribution in [0, 0.1) is 0 Å². The number of hydrogen-bond acceptors (Lipinski definition) is 3. The van der Waals surface area contributed by atoms with Crippen LogP contribution in [0.25, 0.3) is 0 Å². The van der Waals surface area contributed by atoms with Crippen molar-refractivity contribution in [3.8, 4) is 0 Å². The van der Waals surface area contributed by atoms with Crippen molar-refractivity contribution in [1.82, 2.24) is 10.4 Å². The number of carbonyl (C=O) groups is 1. The first-order valence-electron chi connectivity index (χ1n) is 6.66. The molecule has 3 rings (SSSR count). The first kappa shape index (κ1) is 12.5. The Morgan fingerprint density at radius 1 is 1.05 bits per heavy atom. The van der Waals surface area contributed by atoms with Gasteiger partial charge in [-0.25, -0.2) is 5.43 Å². The molecule has 0 saturated heterocycles. The predicted molar refractivity (Wildman–Crippen MR) is 77.6 cm³/mol. The first-order valence-corrected chi connectivity index (χ1v) is 6.66. The van der Waals surface area contributed by atoms with Crippen molar-refractivity contribution < 1.29 is 4.79 Å². The smallest absolute Gasteiger partial charge is 0.266 e. The number of aromatic nitrogens is 1. The van der Waals surface area contributed by atoms with Gasteiger partial charge in [-0.2, -0.15) is 5.10 Å². The quantitative estimate of drug-likeness (QED) is 0.847. The van der Waals surface area contributed by atoms with Crippen LogP contribution in [0.15, 0.2) is 53.8 Å². The fourth-order valence-electron chi connectivity index (χ4n) is 2.34. The van der Waals surface area contributed by atoms with Gasteiger partial charge < -0.3 is 0 Å². The number of benzene rings is 1. The maximum Gasteiger partial charge on any atom is 0.289 e. The van der Waals surface area contributed by atoms with E-state index >= 15 is 0 Å². The third-order valence-corrected chi connectivity index (χ3v) is 3.41. The monoisotopic (exact) mass is 265 g/mol. The molecular formula is C16H15N3O. The summed E-state index contributed by atoms with van der Waals surface area (Å²) in [6, 6.07) is 13.6. The van der Waals surface area contributed by atoms with E-state index in [0.717, 1.165) is 25.0 Å². The third-order valence-electron chi connectivity index (χ3n) is 3.41. The van der Waals surface area contributed by atoms with Crippen LogP contribution in [0.5, 0.6) is 0 Å². The first-order chi connectivity index (χ1) is 9.83. The van der Waals surface area contributed by atoms with Crippen LogP contribution in [0.3, 0.4) is 0 Å². The number of nitrogens with one attached hydrogen (secondary N) is 1. The number of nitrogens with zero attached hydrogens (tertiary/aromatic N) is 2. The van der Waals surface area contributed by atoms with E-state index in [1.807, 2.05) is 6.07 Å². The van der Waals surface area contributed by atoms with Crippen LogP contribution in [0.4, 0.5) is 0 Å². The lowest BCUT2D eigenvalue weighted by molar-refractivity contribution is 0.0949. The lowest BCUT2D eigenvalue weighted by atomic mass is 9.90. The zero-order valence-electron chi connectivity index (χ0n) is 11.0. The summed E-state index contributed by atoms with van der Waals surface area (Å²) in [5, 5.41) is 4.24. The van der Waals surface area contributed by atoms with E-state index in [2.05, 4.69) is 33.7 Å². The van der Waals surface area contributed by atoms with Crippen molar-refractivity contribution in [2.75, 3.05) is 0 Å². The van der Waals surface area contributed by atoms with E-state index in [1.54, 1.807) is 24.4 Å². The van der Waals surface area contributed by atoms with Crippen molar-refractivity contribution in [3.05, 3.63) is 65.5 Å². The molecule has 1 aliphatic carbocycles. The number of rotatable bonds is 2. The van der Waals surface area contributed by atoms with Crippen LogP contribution in [0.2, 0.25) is 0 Å². The molecule has 0 aliphatic heterocycles. The Bertz CT molecular complexity index is 650. The SMILES string of the molecule is O=C(N/N=C1/CCc2ccccc2C1)c1ccccn1. The molecule has 0 bridgehead atoms. The Morgan fingerprint density at radius 3 is 2.65 bits per heavy atom. The lowest BCUT2D eigenvalue weighted by Gasteiger charge is -2.17. The van der Waals surface area contributed by atoms with Crippen LogP contribution in [-0.2, 0) is 12.8 Å².